The van der Waals surface area contributed by atoms with E-state index in [4.69, 9.17) is 0 Å². The normalized spacial score (nSPS) is 11.5. The summed E-state index contributed by atoms with van der Waals surface area (Å²) in [5.41, 5.74) is 4.01. The van der Waals surface area contributed by atoms with Crippen LogP contribution < -0.4 is 0 Å². The first kappa shape index (κ1) is 21.1. The van der Waals surface area contributed by atoms with Gasteiger partial charge in [0, 0.05) is 23.1 Å². The van der Waals surface area contributed by atoms with Gasteiger partial charge < -0.3 is 17.3 Å². The van der Waals surface area contributed by atoms with Gasteiger partial charge >= 0.3 is 7.25 Å². The van der Waals surface area contributed by atoms with Crippen molar-refractivity contribution in [1.29, 1.82) is 0 Å². The van der Waals surface area contributed by atoms with Crippen LogP contribution in [0.5, 0.6) is 0 Å². The maximum absolute atomic E-state index is 9.75. The Kier molecular flexibility index (Phi) is 6.76. The molecular weight excluding hydrogens is 371 g/mol. The van der Waals surface area contributed by atoms with Crippen molar-refractivity contribution >= 4 is 18.6 Å². The molecule has 0 unspecified atom stereocenters. The van der Waals surface area contributed by atoms with Crippen molar-refractivity contribution in [3.63, 3.8) is 0 Å². The number of halogens is 4. The van der Waals surface area contributed by atoms with Crippen molar-refractivity contribution in [2.75, 3.05) is 0 Å². The van der Waals surface area contributed by atoms with Crippen LogP contribution >= 0.6 is 11.3 Å². The molecule has 0 fully saturated rings. The van der Waals surface area contributed by atoms with E-state index < -0.39 is 7.25 Å². The van der Waals surface area contributed by atoms with Gasteiger partial charge in [0.25, 0.3) is 0 Å². The van der Waals surface area contributed by atoms with Gasteiger partial charge in [0.15, 0.2) is 0 Å². The van der Waals surface area contributed by atoms with Crippen molar-refractivity contribution < 1.29 is 17.3 Å². The minimum atomic E-state index is -6.00. The summed E-state index contributed by atoms with van der Waals surface area (Å²) in [6, 6.07) is 25.9. The van der Waals surface area contributed by atoms with Gasteiger partial charge in [0.05, 0.1) is 0 Å². The fraction of sp³-hybridized carbons (Fsp3) is 0.190. The third-order valence-electron chi connectivity index (χ3n) is 3.70. The molecule has 3 aromatic rings. The average molecular weight is 392 g/mol. The molecule has 1 heterocycles. The number of benzene rings is 2. The predicted octanol–water partition coefficient (Wildman–Crippen LogP) is 7.96. The first-order chi connectivity index (χ1) is 12.5. The van der Waals surface area contributed by atoms with Gasteiger partial charge in [-0.15, -0.1) is 0 Å². The fourth-order valence-corrected chi connectivity index (χ4v) is 3.58. The monoisotopic (exact) mass is 392 g/mol. The Hall–Kier alpha value is -2.21. The molecule has 0 atom stereocenters. The molecule has 0 saturated carbocycles. The largest absolute Gasteiger partial charge is 0.673 e. The molecule has 0 amide bonds. The van der Waals surface area contributed by atoms with E-state index in [9.17, 15) is 17.3 Å². The quantitative estimate of drug-likeness (QED) is 0.236. The molecule has 0 spiro atoms. The summed E-state index contributed by atoms with van der Waals surface area (Å²) in [4.78, 5) is 2.74. The summed E-state index contributed by atoms with van der Waals surface area (Å²) in [6.07, 6.45) is 0. The van der Waals surface area contributed by atoms with E-state index in [2.05, 4.69) is 93.6 Å². The lowest BCUT2D eigenvalue weighted by Gasteiger charge is -2.12. The highest BCUT2D eigenvalue weighted by Crippen LogP contribution is 2.37. The molecule has 6 heteroatoms. The highest BCUT2D eigenvalue weighted by Gasteiger charge is 2.27. The molecule has 0 N–H and O–H groups in total. The topological polar surface area (TPSA) is 0 Å². The molecule has 0 bridgehead atoms. The van der Waals surface area contributed by atoms with Gasteiger partial charge in [-0.3, -0.25) is 0 Å². The van der Waals surface area contributed by atoms with Crippen molar-refractivity contribution in [2.24, 2.45) is 0 Å². The number of hydrogen-bond acceptors (Lipinski definition) is 0. The summed E-state index contributed by atoms with van der Waals surface area (Å²) in [6.45, 7) is 6.84. The first-order valence-corrected chi connectivity index (χ1v) is 9.32. The van der Waals surface area contributed by atoms with E-state index in [1.807, 2.05) is 11.3 Å². The summed E-state index contributed by atoms with van der Waals surface area (Å²) in [5.74, 6) is 0. The lowest BCUT2D eigenvalue weighted by molar-refractivity contribution is 0.368. The molecule has 27 heavy (non-hydrogen) atoms. The maximum atomic E-state index is 9.75. The summed E-state index contributed by atoms with van der Waals surface area (Å²) >= 11 is 1.89. The Morgan fingerprint density at radius 3 is 1.56 bits per heavy atom. The van der Waals surface area contributed by atoms with Crippen LogP contribution in [0.2, 0.25) is 0 Å². The summed E-state index contributed by atoms with van der Waals surface area (Å²) < 4.78 is 39.0. The van der Waals surface area contributed by atoms with E-state index in [1.165, 1.54) is 26.4 Å². The van der Waals surface area contributed by atoms with Gasteiger partial charge in [-0.1, -0.05) is 69.3 Å². The first-order valence-electron chi connectivity index (χ1n) is 8.51. The molecule has 2 aromatic carbocycles. The van der Waals surface area contributed by atoms with Crippen LogP contribution in [0.1, 0.15) is 25.6 Å². The zero-order valence-electron chi connectivity index (χ0n) is 15.4. The number of rotatable bonds is 2. The van der Waals surface area contributed by atoms with Gasteiger partial charge in [0.1, 0.15) is 0 Å². The van der Waals surface area contributed by atoms with E-state index in [0.717, 1.165) is 0 Å². The lowest BCUT2D eigenvalue weighted by atomic mass is 9.93. The predicted molar refractivity (Wildman–Crippen MR) is 108 cm³/mol. The molecule has 0 aliphatic rings. The summed E-state index contributed by atoms with van der Waals surface area (Å²) in [5, 5.41) is 0. The van der Waals surface area contributed by atoms with E-state index >= 15 is 0 Å². The van der Waals surface area contributed by atoms with Crippen LogP contribution in [0.4, 0.5) is 17.3 Å². The second-order valence-corrected chi connectivity index (χ2v) is 8.14. The zero-order valence-corrected chi connectivity index (χ0v) is 16.2. The Bertz CT molecular complexity index is 793. The molecule has 0 radical (unpaired) electrons. The Morgan fingerprint density at radius 1 is 0.667 bits per heavy atom. The smallest absolute Gasteiger partial charge is 0.418 e. The lowest BCUT2D eigenvalue weighted by Crippen LogP contribution is -2.09. The van der Waals surface area contributed by atoms with Crippen molar-refractivity contribution in [1.82, 2.24) is 0 Å². The third kappa shape index (κ3) is 7.14. The molecule has 1 aromatic heterocycles. The van der Waals surface area contributed by atoms with Crippen molar-refractivity contribution in [3.8, 4) is 21.6 Å². The zero-order chi connectivity index (χ0) is 20.1. The molecule has 0 saturated heterocycles. The Labute approximate surface area is 161 Å². The highest BCUT2D eigenvalue weighted by molar-refractivity contribution is 7.15. The van der Waals surface area contributed by atoms with Gasteiger partial charge in [-0.2, -0.15) is 0 Å². The minimum absolute atomic E-state index is 0.152. The standard InChI is InChI=1S/C21H21S.BF4/c1-21(2,3)20-15-18(16-10-6-4-7-11-16)14-19(22-20)17-12-8-5-9-13-17;2-1(3,4)5/h4-15H,1-3H3;/q+1;-1. The molecule has 0 nitrogen and oxygen atoms in total. The average Bonchev–Trinajstić information content (AvgIpc) is 2.61. The number of hydrogen-bond donors (Lipinski definition) is 0. The van der Waals surface area contributed by atoms with Gasteiger partial charge in [-0.25, -0.2) is 0 Å². The molecule has 3 rings (SSSR count). The Morgan fingerprint density at radius 2 is 1.11 bits per heavy atom. The Balaban J connectivity index is 0.000000465. The van der Waals surface area contributed by atoms with Crippen LogP contribution in [0.15, 0.2) is 72.8 Å². The maximum Gasteiger partial charge on any atom is 0.673 e. The molecular formula is C21H21BF4S. The van der Waals surface area contributed by atoms with Crippen LogP contribution in [0.3, 0.4) is 0 Å². The van der Waals surface area contributed by atoms with Crippen molar-refractivity contribution in [2.45, 2.75) is 26.2 Å². The fourth-order valence-electron chi connectivity index (χ4n) is 2.41. The van der Waals surface area contributed by atoms with Gasteiger partial charge in [0.2, 0.25) is 21.1 Å². The van der Waals surface area contributed by atoms with E-state index in [1.54, 1.807) is 0 Å². The highest BCUT2D eigenvalue weighted by atomic mass is 32.1. The minimum Gasteiger partial charge on any atom is -0.418 e. The SMILES string of the molecule is CC(C)(C)c1cc(-c2ccccc2)cc(-c2ccccc2)[s+]1.F[B-](F)(F)F. The van der Waals surface area contributed by atoms with Gasteiger partial charge in [-0.05, 0) is 23.3 Å². The van der Waals surface area contributed by atoms with Crippen LogP contribution in [0, 0.1) is 0 Å². The van der Waals surface area contributed by atoms with E-state index in [-0.39, 0.29) is 5.41 Å². The second-order valence-electron chi connectivity index (χ2n) is 7.05. The molecule has 0 aliphatic carbocycles. The third-order valence-corrected chi connectivity index (χ3v) is 5.22. The molecule has 0 aliphatic heterocycles. The van der Waals surface area contributed by atoms with Crippen molar-refractivity contribution in [3.05, 3.63) is 77.7 Å². The summed E-state index contributed by atoms with van der Waals surface area (Å²) in [7, 11) is -6.00. The van der Waals surface area contributed by atoms with E-state index in [0.29, 0.717) is 0 Å². The molecule has 142 valence electrons. The second kappa shape index (κ2) is 8.66. The van der Waals surface area contributed by atoms with Crippen LogP contribution in [0.25, 0.3) is 21.6 Å². The van der Waals surface area contributed by atoms with Crippen LogP contribution in [-0.2, 0) is 5.41 Å². The van der Waals surface area contributed by atoms with Crippen LogP contribution in [-0.4, -0.2) is 7.25 Å².